The first-order valence-electron chi connectivity index (χ1n) is 8.67. The Labute approximate surface area is 178 Å². The second kappa shape index (κ2) is 9.50. The Kier molecular flexibility index (Phi) is 6.81. The quantitative estimate of drug-likeness (QED) is 0.419. The van der Waals surface area contributed by atoms with Crippen LogP contribution in [0.25, 0.3) is 11.3 Å². The van der Waals surface area contributed by atoms with Gasteiger partial charge in [0.05, 0.1) is 19.9 Å². The van der Waals surface area contributed by atoms with Crippen molar-refractivity contribution < 1.29 is 9.47 Å². The number of rotatable bonds is 7. The van der Waals surface area contributed by atoms with Crippen LogP contribution in [-0.4, -0.2) is 30.4 Å². The standard InChI is InChI=1S/C21H19ClN4O2S/c1-27-17-9-8-13(10-18(17)28-2)19-15(11-23)20(26-21(25-19)29-3)24-12-14-6-4-5-7-16(14)22/h4-10H,12H2,1-3H3,(H,24,25,26). The normalized spacial score (nSPS) is 10.3. The van der Waals surface area contributed by atoms with E-state index in [-0.39, 0.29) is 0 Å². The first-order chi connectivity index (χ1) is 14.1. The van der Waals surface area contributed by atoms with Gasteiger partial charge in [0.2, 0.25) is 0 Å². The molecule has 2 aromatic carbocycles. The summed E-state index contributed by atoms with van der Waals surface area (Å²) in [5.41, 5.74) is 2.52. The number of aromatic nitrogens is 2. The maximum Gasteiger partial charge on any atom is 0.189 e. The summed E-state index contributed by atoms with van der Waals surface area (Å²) in [6.45, 7) is 0.435. The van der Waals surface area contributed by atoms with E-state index in [1.165, 1.54) is 11.8 Å². The Hall–Kier alpha value is -2.95. The van der Waals surface area contributed by atoms with Crippen LogP contribution in [0, 0.1) is 11.3 Å². The third-order valence-corrected chi connectivity index (χ3v) is 5.16. The molecule has 0 saturated heterocycles. The predicted molar refractivity (Wildman–Crippen MR) is 116 cm³/mol. The zero-order valence-corrected chi connectivity index (χ0v) is 17.8. The van der Waals surface area contributed by atoms with Crippen molar-refractivity contribution in [1.29, 1.82) is 5.26 Å². The molecule has 29 heavy (non-hydrogen) atoms. The van der Waals surface area contributed by atoms with E-state index in [9.17, 15) is 5.26 Å². The van der Waals surface area contributed by atoms with Crippen LogP contribution < -0.4 is 14.8 Å². The van der Waals surface area contributed by atoms with E-state index in [1.54, 1.807) is 26.4 Å². The number of nitriles is 1. The van der Waals surface area contributed by atoms with E-state index in [0.717, 1.165) is 11.1 Å². The Morgan fingerprint density at radius 2 is 1.86 bits per heavy atom. The van der Waals surface area contributed by atoms with Crippen LogP contribution >= 0.6 is 23.4 Å². The van der Waals surface area contributed by atoms with Crippen LogP contribution in [0.15, 0.2) is 47.6 Å². The lowest BCUT2D eigenvalue weighted by molar-refractivity contribution is 0.355. The molecule has 1 heterocycles. The molecule has 0 aliphatic carbocycles. The molecule has 0 unspecified atom stereocenters. The van der Waals surface area contributed by atoms with Gasteiger partial charge in [0.25, 0.3) is 0 Å². The third kappa shape index (κ3) is 4.56. The molecule has 1 aromatic heterocycles. The Balaban J connectivity index is 2.05. The van der Waals surface area contributed by atoms with Gasteiger partial charge in [-0.1, -0.05) is 41.6 Å². The number of hydrogen-bond donors (Lipinski definition) is 1. The van der Waals surface area contributed by atoms with Crippen molar-refractivity contribution in [2.75, 3.05) is 25.8 Å². The molecule has 0 atom stereocenters. The molecule has 6 nitrogen and oxygen atoms in total. The average Bonchev–Trinajstić information content (AvgIpc) is 2.77. The van der Waals surface area contributed by atoms with Gasteiger partial charge in [-0.25, -0.2) is 9.97 Å². The first kappa shape index (κ1) is 20.8. The number of hydrogen-bond acceptors (Lipinski definition) is 7. The lowest BCUT2D eigenvalue weighted by Gasteiger charge is -2.14. The lowest BCUT2D eigenvalue weighted by atomic mass is 10.1. The summed E-state index contributed by atoms with van der Waals surface area (Å²) < 4.78 is 10.7. The minimum atomic E-state index is 0.349. The maximum absolute atomic E-state index is 9.84. The molecule has 0 saturated carbocycles. The van der Waals surface area contributed by atoms with Crippen molar-refractivity contribution in [3.05, 3.63) is 58.6 Å². The fraction of sp³-hybridized carbons (Fsp3) is 0.190. The minimum Gasteiger partial charge on any atom is -0.493 e. The number of methoxy groups -OCH3 is 2. The molecule has 3 aromatic rings. The van der Waals surface area contributed by atoms with Crippen LogP contribution in [0.5, 0.6) is 11.5 Å². The summed E-state index contributed by atoms with van der Waals surface area (Å²) in [5.74, 6) is 1.62. The number of nitrogens with zero attached hydrogens (tertiary/aromatic N) is 3. The molecular formula is C21H19ClN4O2S. The van der Waals surface area contributed by atoms with Crippen molar-refractivity contribution in [2.45, 2.75) is 11.7 Å². The molecule has 8 heteroatoms. The van der Waals surface area contributed by atoms with Crippen LogP contribution in [-0.2, 0) is 6.54 Å². The predicted octanol–water partition coefficient (Wildman–Crippen LogP) is 5.02. The number of anilines is 1. The monoisotopic (exact) mass is 426 g/mol. The number of thioether (sulfide) groups is 1. The van der Waals surface area contributed by atoms with Gasteiger partial charge in [-0.05, 0) is 36.1 Å². The number of nitrogens with one attached hydrogen (secondary N) is 1. The Morgan fingerprint density at radius 1 is 1.10 bits per heavy atom. The van der Waals surface area contributed by atoms with Gasteiger partial charge in [0.1, 0.15) is 17.5 Å². The van der Waals surface area contributed by atoms with Crippen molar-refractivity contribution in [2.24, 2.45) is 0 Å². The van der Waals surface area contributed by atoms with Crippen LogP contribution in [0.3, 0.4) is 0 Å². The van der Waals surface area contributed by atoms with Gasteiger partial charge in [-0.15, -0.1) is 0 Å². The second-order valence-electron chi connectivity index (χ2n) is 5.91. The fourth-order valence-electron chi connectivity index (χ4n) is 2.78. The summed E-state index contributed by atoms with van der Waals surface area (Å²) in [7, 11) is 3.14. The smallest absolute Gasteiger partial charge is 0.189 e. The summed E-state index contributed by atoms with van der Waals surface area (Å²) in [6, 6.07) is 15.2. The van der Waals surface area contributed by atoms with Gasteiger partial charge >= 0.3 is 0 Å². The Morgan fingerprint density at radius 3 is 2.52 bits per heavy atom. The molecule has 3 rings (SSSR count). The largest absolute Gasteiger partial charge is 0.493 e. The van der Waals surface area contributed by atoms with Gasteiger partial charge in [0, 0.05) is 17.1 Å². The number of ether oxygens (including phenoxy) is 2. The van der Waals surface area contributed by atoms with Crippen LogP contribution in [0.4, 0.5) is 5.82 Å². The lowest BCUT2D eigenvalue weighted by Crippen LogP contribution is -2.07. The molecule has 148 valence electrons. The molecule has 0 aliphatic heterocycles. The summed E-state index contributed by atoms with van der Waals surface area (Å²) >= 11 is 7.64. The third-order valence-electron chi connectivity index (χ3n) is 4.24. The zero-order chi connectivity index (χ0) is 20.8. The van der Waals surface area contributed by atoms with Gasteiger partial charge in [-0.3, -0.25) is 0 Å². The molecule has 0 fully saturated rings. The van der Waals surface area contributed by atoms with E-state index in [4.69, 9.17) is 21.1 Å². The van der Waals surface area contributed by atoms with Crippen molar-refractivity contribution >= 4 is 29.2 Å². The van der Waals surface area contributed by atoms with E-state index in [1.807, 2.05) is 36.6 Å². The average molecular weight is 427 g/mol. The fourth-order valence-corrected chi connectivity index (χ4v) is 3.35. The van der Waals surface area contributed by atoms with Crippen molar-refractivity contribution in [3.8, 4) is 28.8 Å². The van der Waals surface area contributed by atoms with Gasteiger partial charge < -0.3 is 14.8 Å². The number of benzene rings is 2. The van der Waals surface area contributed by atoms with Gasteiger partial charge in [-0.2, -0.15) is 5.26 Å². The van der Waals surface area contributed by atoms with Crippen molar-refractivity contribution in [3.63, 3.8) is 0 Å². The number of halogens is 1. The summed E-state index contributed by atoms with van der Waals surface area (Å²) in [6.07, 6.45) is 1.89. The van der Waals surface area contributed by atoms with E-state index < -0.39 is 0 Å². The first-order valence-corrected chi connectivity index (χ1v) is 10.3. The van der Waals surface area contributed by atoms with E-state index in [0.29, 0.717) is 45.3 Å². The molecule has 0 aliphatic rings. The molecule has 0 amide bonds. The zero-order valence-electron chi connectivity index (χ0n) is 16.2. The molecule has 0 spiro atoms. The van der Waals surface area contributed by atoms with E-state index >= 15 is 0 Å². The van der Waals surface area contributed by atoms with Crippen LogP contribution in [0.2, 0.25) is 5.02 Å². The summed E-state index contributed by atoms with van der Waals surface area (Å²) in [5, 5.41) is 14.3. The minimum absolute atomic E-state index is 0.349. The molecule has 0 radical (unpaired) electrons. The highest BCUT2D eigenvalue weighted by Crippen LogP contribution is 2.35. The second-order valence-corrected chi connectivity index (χ2v) is 7.09. The molecule has 0 bridgehead atoms. The Bertz CT molecular complexity index is 1070. The van der Waals surface area contributed by atoms with Crippen LogP contribution in [0.1, 0.15) is 11.1 Å². The summed E-state index contributed by atoms with van der Waals surface area (Å²) in [4.78, 5) is 9.05. The SMILES string of the molecule is COc1ccc(-c2nc(SC)nc(NCc3ccccc3Cl)c2C#N)cc1OC. The highest BCUT2D eigenvalue weighted by Gasteiger charge is 2.18. The maximum atomic E-state index is 9.84. The van der Waals surface area contributed by atoms with Gasteiger partial charge in [0.15, 0.2) is 16.7 Å². The van der Waals surface area contributed by atoms with Crippen molar-refractivity contribution in [1.82, 2.24) is 9.97 Å². The topological polar surface area (TPSA) is 80.1 Å². The highest BCUT2D eigenvalue weighted by molar-refractivity contribution is 7.98. The van der Waals surface area contributed by atoms with E-state index in [2.05, 4.69) is 21.4 Å². The molecule has 1 N–H and O–H groups in total. The highest BCUT2D eigenvalue weighted by atomic mass is 35.5. The molecular weight excluding hydrogens is 408 g/mol.